The van der Waals surface area contributed by atoms with Crippen molar-refractivity contribution in [3.05, 3.63) is 65.2 Å². The zero-order valence-electron chi connectivity index (χ0n) is 19.7. The van der Waals surface area contributed by atoms with Crippen LogP contribution in [0.4, 0.5) is 0 Å². The predicted molar refractivity (Wildman–Crippen MR) is 140 cm³/mol. The minimum atomic E-state index is -3.25. The van der Waals surface area contributed by atoms with Gasteiger partial charge >= 0.3 is 0 Å². The second-order valence-electron chi connectivity index (χ2n) is 8.39. The molecule has 0 bridgehead atoms. The van der Waals surface area contributed by atoms with Crippen LogP contribution in [0.15, 0.2) is 59.5 Å². The maximum atomic E-state index is 11.5. The summed E-state index contributed by atoms with van der Waals surface area (Å²) in [7, 11) is -3.25. The van der Waals surface area contributed by atoms with E-state index in [0.29, 0.717) is 34.5 Å². The Morgan fingerprint density at radius 3 is 2.50 bits per heavy atom. The van der Waals surface area contributed by atoms with Gasteiger partial charge in [0.1, 0.15) is 0 Å². The zero-order valence-corrected chi connectivity index (χ0v) is 21.3. The molecule has 0 atom stereocenters. The minimum absolute atomic E-state index is 0.178. The molecule has 0 radical (unpaired) electrons. The smallest absolute Gasteiger partial charge is 0.231 e. The lowest BCUT2D eigenvalue weighted by atomic mass is 10.1. The normalized spacial score (nSPS) is 13.9. The monoisotopic (exact) mass is 504 g/mol. The van der Waals surface area contributed by atoms with E-state index in [-0.39, 0.29) is 6.79 Å². The van der Waals surface area contributed by atoms with Gasteiger partial charge in [0.05, 0.1) is 4.90 Å². The summed E-state index contributed by atoms with van der Waals surface area (Å²) in [5, 5.41) is 2.41. The van der Waals surface area contributed by atoms with Crippen LogP contribution in [0.5, 0.6) is 11.5 Å². The van der Waals surface area contributed by atoms with Crippen molar-refractivity contribution in [3.8, 4) is 11.5 Å². The fraction of sp³-hybridized carbons (Fsp3) is 0.385. The highest BCUT2D eigenvalue weighted by molar-refractivity contribution is 8.22. The molecule has 1 aliphatic rings. The summed E-state index contributed by atoms with van der Waals surface area (Å²) in [5.41, 5.74) is 0.877. The van der Waals surface area contributed by atoms with Crippen molar-refractivity contribution in [1.29, 1.82) is 0 Å². The molecule has 0 spiro atoms. The van der Waals surface area contributed by atoms with E-state index >= 15 is 0 Å². The van der Waals surface area contributed by atoms with Gasteiger partial charge in [0.25, 0.3) is 0 Å². The third-order valence-electron chi connectivity index (χ3n) is 6.33. The third kappa shape index (κ3) is 5.46. The number of rotatable bonds is 11. The molecule has 3 aromatic carbocycles. The topological polar surface area (TPSA) is 65.4 Å². The minimum Gasteiger partial charge on any atom is -0.454 e. The second kappa shape index (κ2) is 11.2. The van der Waals surface area contributed by atoms with Crippen molar-refractivity contribution in [2.45, 2.75) is 38.1 Å². The van der Waals surface area contributed by atoms with E-state index in [1.54, 1.807) is 10.4 Å². The van der Waals surface area contributed by atoms with Gasteiger partial charge in [0.15, 0.2) is 11.5 Å². The van der Waals surface area contributed by atoms with Gasteiger partial charge in [-0.25, -0.2) is 0 Å². The van der Waals surface area contributed by atoms with E-state index in [4.69, 9.17) is 21.1 Å². The third-order valence-corrected chi connectivity index (χ3v) is 8.57. The van der Waals surface area contributed by atoms with Crippen LogP contribution in [-0.2, 0) is 6.54 Å². The molecular weight excluding hydrogens is 472 g/mol. The van der Waals surface area contributed by atoms with Crippen molar-refractivity contribution in [2.75, 3.05) is 33.0 Å². The van der Waals surface area contributed by atoms with E-state index in [2.05, 4.69) is 18.7 Å². The van der Waals surface area contributed by atoms with Crippen molar-refractivity contribution in [1.82, 2.24) is 9.21 Å². The number of nitrogens with zero attached hydrogens (tertiary/aromatic N) is 2. The Kier molecular flexibility index (Phi) is 8.24. The average Bonchev–Trinajstić information content (AvgIpc) is 3.33. The molecule has 0 amide bonds. The van der Waals surface area contributed by atoms with Gasteiger partial charge in [0, 0.05) is 29.1 Å². The van der Waals surface area contributed by atoms with Crippen LogP contribution in [0.3, 0.4) is 0 Å². The molecule has 34 heavy (non-hydrogen) atoms. The first-order chi connectivity index (χ1) is 16.4. The van der Waals surface area contributed by atoms with Crippen LogP contribution < -0.4 is 9.47 Å². The largest absolute Gasteiger partial charge is 0.454 e. The number of hydrogen-bond donors (Lipinski definition) is 2. The van der Waals surface area contributed by atoms with Crippen LogP contribution in [0.2, 0.25) is 5.02 Å². The van der Waals surface area contributed by atoms with Gasteiger partial charge in [0.2, 0.25) is 6.79 Å². The number of unbranched alkanes of at least 4 members (excludes halogenated alkanes) is 1. The highest BCUT2D eigenvalue weighted by Gasteiger charge is 2.28. The van der Waals surface area contributed by atoms with Crippen LogP contribution in [0.25, 0.3) is 10.8 Å². The van der Waals surface area contributed by atoms with Crippen LogP contribution >= 0.6 is 22.4 Å². The van der Waals surface area contributed by atoms with Crippen molar-refractivity contribution >= 4 is 33.1 Å². The summed E-state index contributed by atoms with van der Waals surface area (Å²) in [6, 6.07) is 16.8. The first-order valence-corrected chi connectivity index (χ1v) is 13.6. The van der Waals surface area contributed by atoms with Crippen LogP contribution in [-0.4, -0.2) is 51.3 Å². The number of ether oxygens (including phenoxy) is 2. The molecule has 0 saturated carbocycles. The average molecular weight is 505 g/mol. The highest BCUT2D eigenvalue weighted by Crippen LogP contribution is 2.53. The van der Waals surface area contributed by atoms with Gasteiger partial charge in [-0.15, -0.1) is 10.8 Å². The number of benzene rings is 3. The summed E-state index contributed by atoms with van der Waals surface area (Å²) in [6.07, 6.45) is 1.83. The molecule has 0 unspecified atom stereocenters. The fourth-order valence-corrected chi connectivity index (χ4v) is 6.09. The SMILES string of the molecule is CCN(CC)CCCCN(Cc1cccc2c1OCO2)S(O)(O)c1ccc2c(Cl)cccc2c1. The Morgan fingerprint density at radius 2 is 1.71 bits per heavy atom. The Labute approximate surface area is 208 Å². The summed E-state index contributed by atoms with van der Waals surface area (Å²) in [4.78, 5) is 2.86. The summed E-state index contributed by atoms with van der Waals surface area (Å²) < 4.78 is 36.0. The summed E-state index contributed by atoms with van der Waals surface area (Å²) in [6.45, 7) is 8.41. The van der Waals surface area contributed by atoms with Gasteiger partial charge in [-0.1, -0.05) is 55.8 Å². The molecule has 0 aliphatic carbocycles. The first kappa shape index (κ1) is 25.1. The molecule has 184 valence electrons. The van der Waals surface area contributed by atoms with E-state index in [0.717, 1.165) is 48.8 Å². The predicted octanol–water partition coefficient (Wildman–Crippen LogP) is 6.87. The molecule has 2 N–H and O–H groups in total. The molecule has 6 nitrogen and oxygen atoms in total. The van der Waals surface area contributed by atoms with E-state index in [1.807, 2.05) is 48.5 Å². The molecule has 0 saturated heterocycles. The molecule has 1 heterocycles. The molecule has 8 heteroatoms. The Hall–Kier alpha value is -2.00. The number of fused-ring (bicyclic) bond motifs is 2. The number of para-hydroxylation sites is 1. The lowest BCUT2D eigenvalue weighted by Crippen LogP contribution is -2.30. The second-order valence-corrected chi connectivity index (χ2v) is 10.8. The molecular formula is C26H33ClN2O4S. The summed E-state index contributed by atoms with van der Waals surface area (Å²) >= 11 is 6.32. The fourth-order valence-electron chi connectivity index (χ4n) is 4.31. The maximum Gasteiger partial charge on any atom is 0.231 e. The molecule has 3 aromatic rings. The molecule has 1 aliphatic heterocycles. The quantitative estimate of drug-likeness (QED) is 0.278. The standard InChI is InChI=1S/C26H33ClN2O4S/c1-3-28(4-2)15-5-6-16-29(18-21-10-8-12-25-26(21)33-19-32-25)34(30,31)22-13-14-23-20(17-22)9-7-11-24(23)27/h7-14,17,30-31H,3-6,15-16,18-19H2,1-2H3. The Morgan fingerprint density at radius 1 is 0.941 bits per heavy atom. The highest BCUT2D eigenvalue weighted by atomic mass is 35.5. The van der Waals surface area contributed by atoms with Crippen molar-refractivity contribution < 1.29 is 18.6 Å². The van der Waals surface area contributed by atoms with Gasteiger partial charge in [-0.05, 0) is 62.1 Å². The van der Waals surface area contributed by atoms with E-state index in [1.165, 1.54) is 0 Å². The zero-order chi connectivity index (χ0) is 24.1. The van der Waals surface area contributed by atoms with Crippen LogP contribution in [0.1, 0.15) is 32.3 Å². The van der Waals surface area contributed by atoms with Gasteiger partial charge in [-0.2, -0.15) is 4.31 Å². The number of halogens is 1. The van der Waals surface area contributed by atoms with Crippen LogP contribution in [0, 0.1) is 0 Å². The van der Waals surface area contributed by atoms with E-state index < -0.39 is 10.8 Å². The Balaban J connectivity index is 1.60. The lowest BCUT2D eigenvalue weighted by molar-refractivity contribution is 0.172. The van der Waals surface area contributed by atoms with Crippen molar-refractivity contribution in [3.63, 3.8) is 0 Å². The first-order valence-electron chi connectivity index (χ1n) is 11.8. The molecule has 4 rings (SSSR count). The summed E-state index contributed by atoms with van der Waals surface area (Å²) in [5.74, 6) is 1.37. The van der Waals surface area contributed by atoms with E-state index in [9.17, 15) is 9.11 Å². The lowest BCUT2D eigenvalue weighted by Gasteiger charge is -2.43. The van der Waals surface area contributed by atoms with Gasteiger partial charge < -0.3 is 14.4 Å². The molecule has 0 fully saturated rings. The maximum absolute atomic E-state index is 11.5. The molecule has 0 aromatic heterocycles. The number of hydrogen-bond acceptors (Lipinski definition) is 6. The Bertz CT molecular complexity index is 1120. The van der Waals surface area contributed by atoms with Crippen molar-refractivity contribution in [2.24, 2.45) is 0 Å². The van der Waals surface area contributed by atoms with Gasteiger partial charge in [-0.3, -0.25) is 9.11 Å².